The second-order valence-electron chi connectivity index (χ2n) is 5.12. The molecule has 6 heteroatoms. The van der Waals surface area contributed by atoms with Gasteiger partial charge >= 0.3 is 12.0 Å². The lowest BCUT2D eigenvalue weighted by Crippen LogP contribution is -2.51. The van der Waals surface area contributed by atoms with Crippen LogP contribution in [0.15, 0.2) is 24.3 Å². The molecule has 1 aliphatic heterocycles. The highest BCUT2D eigenvalue weighted by Crippen LogP contribution is 2.23. The predicted octanol–water partition coefficient (Wildman–Crippen LogP) is 3.01. The highest BCUT2D eigenvalue weighted by atomic mass is 127. The number of hydrogen-bond acceptors (Lipinski definition) is 2. The summed E-state index contributed by atoms with van der Waals surface area (Å²) < 4.78 is 1.02. The normalized spacial score (nSPS) is 22.4. The fourth-order valence-corrected chi connectivity index (χ4v) is 2.92. The number of amides is 2. The highest BCUT2D eigenvalue weighted by molar-refractivity contribution is 14.1. The summed E-state index contributed by atoms with van der Waals surface area (Å²) in [5.74, 6) is -0.604. The minimum atomic E-state index is -0.936. The number of aliphatic carboxylic acids is 1. The quantitative estimate of drug-likeness (QED) is 0.766. The molecule has 2 amide bonds. The van der Waals surface area contributed by atoms with E-state index in [9.17, 15) is 14.7 Å². The van der Waals surface area contributed by atoms with Gasteiger partial charge in [0.2, 0.25) is 0 Å². The van der Waals surface area contributed by atoms with Crippen molar-refractivity contribution >= 4 is 40.3 Å². The molecule has 2 unspecified atom stereocenters. The van der Waals surface area contributed by atoms with Gasteiger partial charge in [0.25, 0.3) is 0 Å². The number of anilines is 1. The minimum Gasteiger partial charge on any atom is -0.480 e. The molecule has 2 rings (SSSR count). The Hall–Kier alpha value is -1.31. The number of carbonyl (C=O) groups is 2. The van der Waals surface area contributed by atoms with Crippen LogP contribution in [0, 0.1) is 9.49 Å². The Morgan fingerprint density at radius 1 is 1.45 bits per heavy atom. The van der Waals surface area contributed by atoms with Gasteiger partial charge in [0.15, 0.2) is 0 Å². The zero-order valence-corrected chi connectivity index (χ0v) is 13.3. The summed E-state index contributed by atoms with van der Waals surface area (Å²) in [7, 11) is 0. The van der Waals surface area contributed by atoms with E-state index in [1.165, 1.54) is 4.90 Å². The predicted molar refractivity (Wildman–Crippen MR) is 84.7 cm³/mol. The maximum Gasteiger partial charge on any atom is 0.326 e. The van der Waals surface area contributed by atoms with Gasteiger partial charge in [0.1, 0.15) is 6.04 Å². The number of rotatable bonds is 2. The standard InChI is InChI=1S/C14H17IN2O3/c1-9-5-6-17(12(7-9)13(18)19)14(20)16-11-4-2-3-10(15)8-11/h2-4,8-9,12H,5-7H2,1H3,(H,16,20)(H,18,19). The summed E-state index contributed by atoms with van der Waals surface area (Å²) in [4.78, 5) is 25.0. The van der Waals surface area contributed by atoms with Gasteiger partial charge in [-0.2, -0.15) is 0 Å². The Bertz CT molecular complexity index is 521. The fourth-order valence-electron chi connectivity index (χ4n) is 2.38. The van der Waals surface area contributed by atoms with Crippen LogP contribution in [-0.2, 0) is 4.79 Å². The molecule has 1 heterocycles. The van der Waals surface area contributed by atoms with Gasteiger partial charge in [0.05, 0.1) is 0 Å². The van der Waals surface area contributed by atoms with Crippen LogP contribution in [0.3, 0.4) is 0 Å². The summed E-state index contributed by atoms with van der Waals surface area (Å²) in [6.07, 6.45) is 1.35. The van der Waals surface area contributed by atoms with Crippen LogP contribution in [0.4, 0.5) is 10.5 Å². The average molecular weight is 388 g/mol. The Balaban J connectivity index is 2.09. The summed E-state index contributed by atoms with van der Waals surface area (Å²) in [5.41, 5.74) is 0.685. The number of likely N-dealkylation sites (tertiary alicyclic amines) is 1. The number of halogens is 1. The Morgan fingerprint density at radius 3 is 2.85 bits per heavy atom. The Labute approximate surface area is 131 Å². The van der Waals surface area contributed by atoms with Crippen LogP contribution in [0.5, 0.6) is 0 Å². The molecule has 0 spiro atoms. The zero-order valence-electron chi connectivity index (χ0n) is 11.2. The maximum absolute atomic E-state index is 12.2. The highest BCUT2D eigenvalue weighted by Gasteiger charge is 2.34. The lowest BCUT2D eigenvalue weighted by atomic mass is 9.93. The smallest absolute Gasteiger partial charge is 0.326 e. The van der Waals surface area contributed by atoms with Crippen molar-refractivity contribution in [2.75, 3.05) is 11.9 Å². The third kappa shape index (κ3) is 3.62. The van der Waals surface area contributed by atoms with Gasteiger partial charge in [-0.05, 0) is 59.5 Å². The summed E-state index contributed by atoms with van der Waals surface area (Å²) in [6.45, 7) is 2.50. The molecular weight excluding hydrogens is 371 g/mol. The molecule has 1 aromatic carbocycles. The van der Waals surface area contributed by atoms with E-state index in [-0.39, 0.29) is 6.03 Å². The van der Waals surface area contributed by atoms with E-state index in [0.717, 1.165) is 9.99 Å². The second-order valence-corrected chi connectivity index (χ2v) is 6.36. The van der Waals surface area contributed by atoms with E-state index >= 15 is 0 Å². The lowest BCUT2D eigenvalue weighted by Gasteiger charge is -2.35. The number of benzene rings is 1. The molecule has 108 valence electrons. The molecule has 0 bridgehead atoms. The molecule has 2 N–H and O–H groups in total. The summed E-state index contributed by atoms with van der Waals surface area (Å²) in [5, 5.41) is 12.0. The first-order valence-corrected chi connectivity index (χ1v) is 7.61. The van der Waals surface area contributed by atoms with E-state index in [1.54, 1.807) is 6.07 Å². The lowest BCUT2D eigenvalue weighted by molar-refractivity contribution is -0.143. The van der Waals surface area contributed by atoms with Crippen LogP contribution in [0.25, 0.3) is 0 Å². The first kappa shape index (κ1) is 15.1. The number of piperidine rings is 1. The molecule has 0 aromatic heterocycles. The molecule has 20 heavy (non-hydrogen) atoms. The molecule has 1 saturated heterocycles. The van der Waals surface area contributed by atoms with Crippen LogP contribution >= 0.6 is 22.6 Å². The van der Waals surface area contributed by atoms with Crippen molar-refractivity contribution in [1.29, 1.82) is 0 Å². The molecular formula is C14H17IN2O3. The summed E-state index contributed by atoms with van der Waals surface area (Å²) >= 11 is 2.17. The fraction of sp³-hybridized carbons (Fsp3) is 0.429. The number of urea groups is 1. The van der Waals surface area contributed by atoms with Crippen molar-refractivity contribution in [2.45, 2.75) is 25.8 Å². The largest absolute Gasteiger partial charge is 0.480 e. The van der Waals surface area contributed by atoms with E-state index in [4.69, 9.17) is 0 Å². The van der Waals surface area contributed by atoms with Gasteiger partial charge in [-0.1, -0.05) is 13.0 Å². The number of nitrogens with one attached hydrogen (secondary N) is 1. The van der Waals surface area contributed by atoms with Gasteiger partial charge in [-0.15, -0.1) is 0 Å². The SMILES string of the molecule is CC1CCN(C(=O)Nc2cccc(I)c2)C(C(=O)O)C1. The molecule has 0 saturated carbocycles. The van der Waals surface area contributed by atoms with Gasteiger partial charge in [-0.25, -0.2) is 9.59 Å². The number of hydrogen-bond donors (Lipinski definition) is 2. The molecule has 5 nitrogen and oxygen atoms in total. The minimum absolute atomic E-state index is 0.331. The Morgan fingerprint density at radius 2 is 2.20 bits per heavy atom. The third-order valence-electron chi connectivity index (χ3n) is 3.49. The van der Waals surface area contributed by atoms with Gasteiger partial charge in [-0.3, -0.25) is 0 Å². The summed E-state index contributed by atoms with van der Waals surface area (Å²) in [6, 6.07) is 6.35. The van der Waals surface area contributed by atoms with Crippen molar-refractivity contribution in [3.63, 3.8) is 0 Å². The van der Waals surface area contributed by atoms with Crippen LogP contribution in [-0.4, -0.2) is 34.6 Å². The van der Waals surface area contributed by atoms with E-state index in [2.05, 4.69) is 27.9 Å². The van der Waals surface area contributed by atoms with Gasteiger partial charge in [0, 0.05) is 15.8 Å². The van der Waals surface area contributed by atoms with Crippen molar-refractivity contribution in [3.05, 3.63) is 27.8 Å². The van der Waals surface area contributed by atoms with Crippen LogP contribution in [0.2, 0.25) is 0 Å². The van der Waals surface area contributed by atoms with Crippen molar-refractivity contribution in [2.24, 2.45) is 5.92 Å². The Kier molecular flexibility index (Phi) is 4.85. The monoisotopic (exact) mass is 388 g/mol. The first-order chi connectivity index (χ1) is 9.47. The van der Waals surface area contributed by atoms with E-state index in [0.29, 0.717) is 24.6 Å². The van der Waals surface area contributed by atoms with Crippen molar-refractivity contribution in [3.8, 4) is 0 Å². The van der Waals surface area contributed by atoms with Crippen LogP contribution in [0.1, 0.15) is 19.8 Å². The average Bonchev–Trinajstić information content (AvgIpc) is 2.38. The molecule has 2 atom stereocenters. The molecule has 0 radical (unpaired) electrons. The second kappa shape index (κ2) is 6.43. The topological polar surface area (TPSA) is 69.6 Å². The molecule has 1 aromatic rings. The molecule has 1 aliphatic rings. The number of nitrogens with zero attached hydrogens (tertiary/aromatic N) is 1. The van der Waals surface area contributed by atoms with Crippen molar-refractivity contribution < 1.29 is 14.7 Å². The maximum atomic E-state index is 12.2. The number of carbonyl (C=O) groups excluding carboxylic acids is 1. The van der Waals surface area contributed by atoms with E-state index < -0.39 is 12.0 Å². The van der Waals surface area contributed by atoms with Gasteiger partial charge < -0.3 is 15.3 Å². The number of carboxylic acids is 1. The first-order valence-electron chi connectivity index (χ1n) is 6.53. The third-order valence-corrected chi connectivity index (χ3v) is 4.16. The molecule has 0 aliphatic carbocycles. The molecule has 1 fully saturated rings. The van der Waals surface area contributed by atoms with Crippen LogP contribution < -0.4 is 5.32 Å². The zero-order chi connectivity index (χ0) is 14.7. The van der Waals surface area contributed by atoms with Crippen molar-refractivity contribution in [1.82, 2.24) is 4.90 Å². The number of carboxylic acid groups (broad SMARTS) is 1. The van der Waals surface area contributed by atoms with E-state index in [1.807, 2.05) is 25.1 Å².